The first kappa shape index (κ1) is 10.2. The minimum Gasteiger partial charge on any atom is -0.465 e. The van der Waals surface area contributed by atoms with Crippen LogP contribution in [0.15, 0.2) is 11.4 Å². The summed E-state index contributed by atoms with van der Waals surface area (Å²) in [7, 11) is 1.33. The molecule has 0 unspecified atom stereocenters. The van der Waals surface area contributed by atoms with Gasteiger partial charge in [0.05, 0.1) is 19.6 Å². The van der Waals surface area contributed by atoms with Crippen molar-refractivity contribution < 1.29 is 19.1 Å². The van der Waals surface area contributed by atoms with Crippen molar-refractivity contribution in [2.75, 3.05) is 13.7 Å². The van der Waals surface area contributed by atoms with E-state index in [4.69, 9.17) is 4.74 Å². The molecule has 2 heterocycles. The standard InChI is InChI=1S/C10H10O4S/c1-13-10(12)8-6(3-5-15-8)7-2-4-14-9(7)11/h3,5,7H,2,4H2,1H3/t7-/m0/s1. The predicted octanol–water partition coefficient (Wildman–Crippen LogP) is 1.57. The molecule has 1 fully saturated rings. The largest absolute Gasteiger partial charge is 0.465 e. The zero-order valence-corrected chi connectivity index (χ0v) is 9.00. The van der Waals surface area contributed by atoms with E-state index in [9.17, 15) is 9.59 Å². The van der Waals surface area contributed by atoms with Gasteiger partial charge in [0.25, 0.3) is 0 Å². The molecule has 5 heteroatoms. The number of hydrogen-bond acceptors (Lipinski definition) is 5. The first-order chi connectivity index (χ1) is 7.24. The van der Waals surface area contributed by atoms with Crippen LogP contribution in [0.2, 0.25) is 0 Å². The Labute approximate surface area is 90.8 Å². The summed E-state index contributed by atoms with van der Waals surface area (Å²) in [6.45, 7) is 0.431. The molecule has 0 N–H and O–H groups in total. The van der Waals surface area contributed by atoms with Crippen LogP contribution in [0.5, 0.6) is 0 Å². The molecular formula is C10H10O4S. The second kappa shape index (κ2) is 4.02. The van der Waals surface area contributed by atoms with E-state index in [0.29, 0.717) is 17.9 Å². The van der Waals surface area contributed by atoms with Gasteiger partial charge in [0, 0.05) is 0 Å². The van der Waals surface area contributed by atoms with Gasteiger partial charge in [0.2, 0.25) is 0 Å². The van der Waals surface area contributed by atoms with E-state index in [-0.39, 0.29) is 17.9 Å². The van der Waals surface area contributed by atoms with Gasteiger partial charge in [0.1, 0.15) is 4.88 Å². The van der Waals surface area contributed by atoms with Crippen molar-refractivity contribution >= 4 is 23.3 Å². The third-order valence-corrected chi connectivity index (χ3v) is 3.29. The predicted molar refractivity (Wildman–Crippen MR) is 54.0 cm³/mol. The number of rotatable bonds is 2. The zero-order chi connectivity index (χ0) is 10.8. The lowest BCUT2D eigenvalue weighted by molar-refractivity contribution is -0.139. The molecular weight excluding hydrogens is 216 g/mol. The minimum atomic E-state index is -0.389. The van der Waals surface area contributed by atoms with Crippen molar-refractivity contribution in [2.24, 2.45) is 0 Å². The fourth-order valence-electron chi connectivity index (χ4n) is 1.63. The highest BCUT2D eigenvalue weighted by Gasteiger charge is 2.32. The maximum atomic E-state index is 11.4. The van der Waals surface area contributed by atoms with Crippen molar-refractivity contribution in [1.29, 1.82) is 0 Å². The highest BCUT2D eigenvalue weighted by atomic mass is 32.1. The second-order valence-electron chi connectivity index (χ2n) is 3.21. The van der Waals surface area contributed by atoms with Gasteiger partial charge in [-0.2, -0.15) is 0 Å². The van der Waals surface area contributed by atoms with Crippen LogP contribution in [0.1, 0.15) is 27.6 Å². The normalized spacial score (nSPS) is 20.1. The number of cyclic esters (lactones) is 1. The maximum Gasteiger partial charge on any atom is 0.348 e. The first-order valence-corrected chi connectivity index (χ1v) is 5.44. The molecule has 4 nitrogen and oxygen atoms in total. The molecule has 0 saturated carbocycles. The van der Waals surface area contributed by atoms with Crippen LogP contribution in [0.3, 0.4) is 0 Å². The number of esters is 2. The Hall–Kier alpha value is -1.36. The van der Waals surface area contributed by atoms with Crippen LogP contribution >= 0.6 is 11.3 Å². The fourth-order valence-corrected chi connectivity index (χ4v) is 2.51. The van der Waals surface area contributed by atoms with Gasteiger partial charge in [-0.05, 0) is 23.4 Å². The smallest absolute Gasteiger partial charge is 0.348 e. The maximum absolute atomic E-state index is 11.4. The molecule has 15 heavy (non-hydrogen) atoms. The summed E-state index contributed by atoms with van der Waals surface area (Å²) in [5.41, 5.74) is 0.731. The Morgan fingerprint density at radius 3 is 3.07 bits per heavy atom. The molecule has 0 aliphatic carbocycles. The second-order valence-corrected chi connectivity index (χ2v) is 4.12. The Morgan fingerprint density at radius 2 is 2.47 bits per heavy atom. The van der Waals surface area contributed by atoms with Crippen LogP contribution < -0.4 is 0 Å². The van der Waals surface area contributed by atoms with Gasteiger partial charge in [0.15, 0.2) is 0 Å². The lowest BCUT2D eigenvalue weighted by Crippen LogP contribution is -2.10. The van der Waals surface area contributed by atoms with E-state index in [2.05, 4.69) is 4.74 Å². The lowest BCUT2D eigenvalue weighted by atomic mass is 9.99. The molecule has 1 atom stereocenters. The summed E-state index contributed by atoms with van der Waals surface area (Å²) in [5.74, 6) is -0.941. The number of carbonyl (C=O) groups is 2. The lowest BCUT2D eigenvalue weighted by Gasteiger charge is -2.05. The SMILES string of the molecule is COC(=O)c1sccc1[C@@H]1CCOC1=O. The number of methoxy groups -OCH3 is 1. The molecule has 1 aromatic heterocycles. The molecule has 0 amide bonds. The summed E-state index contributed by atoms with van der Waals surface area (Å²) in [6.07, 6.45) is 0.638. The van der Waals surface area contributed by atoms with Gasteiger partial charge >= 0.3 is 11.9 Å². The van der Waals surface area contributed by atoms with E-state index in [1.165, 1.54) is 18.4 Å². The van der Waals surface area contributed by atoms with E-state index < -0.39 is 0 Å². The third-order valence-electron chi connectivity index (χ3n) is 2.38. The van der Waals surface area contributed by atoms with Gasteiger partial charge < -0.3 is 9.47 Å². The van der Waals surface area contributed by atoms with Crippen LogP contribution in [0, 0.1) is 0 Å². The molecule has 0 bridgehead atoms. The minimum absolute atomic E-state index is 0.251. The molecule has 1 aliphatic heterocycles. The molecule has 2 rings (SSSR count). The summed E-state index contributed by atoms with van der Waals surface area (Å²) in [6, 6.07) is 1.79. The van der Waals surface area contributed by atoms with Crippen molar-refractivity contribution in [3.8, 4) is 0 Å². The highest BCUT2D eigenvalue weighted by Crippen LogP contribution is 2.32. The molecule has 0 spiro atoms. The van der Waals surface area contributed by atoms with Crippen molar-refractivity contribution in [3.63, 3.8) is 0 Å². The van der Waals surface area contributed by atoms with Gasteiger partial charge in [-0.3, -0.25) is 4.79 Å². The monoisotopic (exact) mass is 226 g/mol. The quantitative estimate of drug-likeness (QED) is 0.718. The van der Waals surface area contributed by atoms with Crippen molar-refractivity contribution in [3.05, 3.63) is 21.9 Å². The Kier molecular flexibility index (Phi) is 2.73. The summed E-state index contributed by atoms with van der Waals surface area (Å²) in [5, 5.41) is 1.78. The summed E-state index contributed by atoms with van der Waals surface area (Å²) >= 11 is 1.29. The Balaban J connectivity index is 2.32. The average molecular weight is 226 g/mol. The van der Waals surface area contributed by atoms with E-state index in [1.807, 2.05) is 0 Å². The Bertz CT molecular complexity index is 396. The van der Waals surface area contributed by atoms with E-state index in [0.717, 1.165) is 5.56 Å². The van der Waals surface area contributed by atoms with Crippen LogP contribution in [-0.4, -0.2) is 25.7 Å². The molecule has 1 aromatic rings. The molecule has 0 aromatic carbocycles. The van der Waals surface area contributed by atoms with Crippen molar-refractivity contribution in [1.82, 2.24) is 0 Å². The van der Waals surface area contributed by atoms with Gasteiger partial charge in [-0.15, -0.1) is 11.3 Å². The summed E-state index contributed by atoms with van der Waals surface area (Å²) < 4.78 is 9.52. The average Bonchev–Trinajstić information content (AvgIpc) is 2.84. The topological polar surface area (TPSA) is 52.6 Å². The number of carbonyl (C=O) groups excluding carboxylic acids is 2. The van der Waals surface area contributed by atoms with Crippen LogP contribution in [0.4, 0.5) is 0 Å². The number of hydrogen-bond donors (Lipinski definition) is 0. The van der Waals surface area contributed by atoms with E-state index in [1.54, 1.807) is 11.4 Å². The molecule has 1 saturated heterocycles. The first-order valence-electron chi connectivity index (χ1n) is 4.56. The molecule has 1 aliphatic rings. The van der Waals surface area contributed by atoms with Crippen LogP contribution in [-0.2, 0) is 14.3 Å². The third kappa shape index (κ3) is 1.74. The van der Waals surface area contributed by atoms with E-state index >= 15 is 0 Å². The molecule has 80 valence electrons. The molecule has 0 radical (unpaired) electrons. The number of ether oxygens (including phenoxy) is 2. The zero-order valence-electron chi connectivity index (χ0n) is 8.19. The van der Waals surface area contributed by atoms with Crippen LogP contribution in [0.25, 0.3) is 0 Å². The summed E-state index contributed by atoms with van der Waals surface area (Å²) in [4.78, 5) is 23.3. The van der Waals surface area contributed by atoms with Crippen molar-refractivity contribution in [2.45, 2.75) is 12.3 Å². The van der Waals surface area contributed by atoms with Gasteiger partial charge in [-0.25, -0.2) is 4.79 Å². The highest BCUT2D eigenvalue weighted by molar-refractivity contribution is 7.12. The fraction of sp³-hybridized carbons (Fsp3) is 0.400. The van der Waals surface area contributed by atoms with Gasteiger partial charge in [-0.1, -0.05) is 0 Å². The number of thiophene rings is 1. The Morgan fingerprint density at radius 1 is 1.67 bits per heavy atom.